The largest absolute Gasteiger partial charge is 0.382 e. The zero-order chi connectivity index (χ0) is 12.2. The maximum atomic E-state index is 5.11. The molecule has 0 bridgehead atoms. The summed E-state index contributed by atoms with van der Waals surface area (Å²) in [5.41, 5.74) is 1.35. The van der Waals surface area contributed by atoms with Crippen LogP contribution in [0.2, 0.25) is 0 Å². The predicted molar refractivity (Wildman–Crippen MR) is 65.4 cm³/mol. The van der Waals surface area contributed by atoms with Crippen LogP contribution in [0.15, 0.2) is 12.4 Å². The maximum absolute atomic E-state index is 5.11. The van der Waals surface area contributed by atoms with Gasteiger partial charge in [-0.3, -0.25) is 4.68 Å². The van der Waals surface area contributed by atoms with Crippen LogP contribution in [0, 0.1) is 0 Å². The Morgan fingerprint density at radius 3 is 2.75 bits per heavy atom. The number of nitrogens with one attached hydrogen (secondary N) is 1. The molecule has 0 aliphatic rings. The lowest BCUT2D eigenvalue weighted by molar-refractivity contribution is 0.157. The minimum absolute atomic E-state index is 0.139. The van der Waals surface area contributed by atoms with Crippen LogP contribution in [-0.4, -0.2) is 29.0 Å². The van der Waals surface area contributed by atoms with E-state index in [9.17, 15) is 0 Å². The Kier molecular flexibility index (Phi) is 4.50. The molecule has 1 aromatic heterocycles. The molecule has 1 heterocycles. The minimum atomic E-state index is 0.139. The quantitative estimate of drug-likeness (QED) is 0.833. The summed E-state index contributed by atoms with van der Waals surface area (Å²) in [6.45, 7) is 10.1. The van der Waals surface area contributed by atoms with E-state index in [4.69, 9.17) is 4.74 Å². The van der Waals surface area contributed by atoms with Crippen molar-refractivity contribution >= 4 is 0 Å². The number of rotatable bonds is 5. The van der Waals surface area contributed by atoms with Gasteiger partial charge in [0.2, 0.25) is 0 Å². The van der Waals surface area contributed by atoms with Gasteiger partial charge in [-0.1, -0.05) is 0 Å². The highest BCUT2D eigenvalue weighted by Gasteiger charge is 2.10. The molecule has 1 N–H and O–H groups in total. The van der Waals surface area contributed by atoms with Gasteiger partial charge in [0.25, 0.3) is 0 Å². The van der Waals surface area contributed by atoms with Gasteiger partial charge in [-0.05, 0) is 27.7 Å². The monoisotopic (exact) mass is 225 g/mol. The molecule has 0 saturated carbocycles. The van der Waals surface area contributed by atoms with Crippen LogP contribution in [0.3, 0.4) is 0 Å². The van der Waals surface area contributed by atoms with Crippen LogP contribution in [0.1, 0.15) is 39.3 Å². The molecule has 0 aliphatic heterocycles. The van der Waals surface area contributed by atoms with Gasteiger partial charge in [0.05, 0.1) is 18.8 Å². The van der Waals surface area contributed by atoms with E-state index in [2.05, 4.69) is 44.3 Å². The first-order chi connectivity index (χ1) is 7.42. The van der Waals surface area contributed by atoms with Crippen LogP contribution in [0.4, 0.5) is 0 Å². The molecular formula is C12H23N3O. The van der Waals surface area contributed by atoms with Crippen molar-refractivity contribution in [1.29, 1.82) is 0 Å². The normalized spacial score (nSPS) is 14.1. The molecule has 0 spiro atoms. The molecular weight excluding hydrogens is 202 g/mol. The fourth-order valence-electron chi connectivity index (χ4n) is 1.39. The Balaban J connectivity index is 2.51. The zero-order valence-corrected chi connectivity index (χ0v) is 10.9. The van der Waals surface area contributed by atoms with E-state index in [0.29, 0.717) is 6.61 Å². The van der Waals surface area contributed by atoms with Gasteiger partial charge in [-0.2, -0.15) is 5.10 Å². The number of hydrogen-bond donors (Lipinski definition) is 1. The fourth-order valence-corrected chi connectivity index (χ4v) is 1.39. The summed E-state index contributed by atoms with van der Waals surface area (Å²) in [5.74, 6) is 0. The second kappa shape index (κ2) is 5.46. The second-order valence-corrected chi connectivity index (χ2v) is 5.24. The average molecular weight is 225 g/mol. The summed E-state index contributed by atoms with van der Waals surface area (Å²) in [6, 6.07) is 0.286. The van der Waals surface area contributed by atoms with E-state index in [-0.39, 0.29) is 11.6 Å². The van der Waals surface area contributed by atoms with E-state index >= 15 is 0 Å². The standard InChI is InChI=1S/C12H23N3O/c1-10(9-16-5)15-8-11(7-14-15)6-13-12(2,3)4/h7-8,10,13H,6,9H2,1-5H3. The molecule has 0 aromatic carbocycles. The number of hydrogen-bond acceptors (Lipinski definition) is 3. The van der Waals surface area contributed by atoms with Crippen LogP contribution < -0.4 is 5.32 Å². The van der Waals surface area contributed by atoms with Crippen LogP contribution in [-0.2, 0) is 11.3 Å². The van der Waals surface area contributed by atoms with Gasteiger partial charge < -0.3 is 10.1 Å². The molecule has 4 nitrogen and oxygen atoms in total. The molecule has 1 unspecified atom stereocenters. The summed E-state index contributed by atoms with van der Waals surface area (Å²) in [4.78, 5) is 0. The lowest BCUT2D eigenvalue weighted by Gasteiger charge is -2.19. The van der Waals surface area contributed by atoms with Gasteiger partial charge in [0, 0.05) is 31.0 Å². The van der Waals surface area contributed by atoms with E-state index in [1.165, 1.54) is 5.56 Å². The first-order valence-corrected chi connectivity index (χ1v) is 5.69. The smallest absolute Gasteiger partial charge is 0.0724 e. The Labute approximate surface area is 98.0 Å². The number of aromatic nitrogens is 2. The van der Waals surface area contributed by atoms with Crippen LogP contribution in [0.25, 0.3) is 0 Å². The Bertz CT molecular complexity index is 314. The van der Waals surface area contributed by atoms with Crippen molar-refractivity contribution in [2.24, 2.45) is 0 Å². The minimum Gasteiger partial charge on any atom is -0.382 e. The summed E-state index contributed by atoms with van der Waals surface area (Å²) < 4.78 is 7.05. The molecule has 4 heteroatoms. The van der Waals surface area contributed by atoms with Crippen LogP contribution in [0.5, 0.6) is 0 Å². The lowest BCUT2D eigenvalue weighted by atomic mass is 10.1. The third-order valence-corrected chi connectivity index (χ3v) is 2.34. The molecule has 0 aliphatic carbocycles. The van der Waals surface area contributed by atoms with E-state index < -0.39 is 0 Å². The SMILES string of the molecule is COCC(C)n1cc(CNC(C)(C)C)cn1. The highest BCUT2D eigenvalue weighted by atomic mass is 16.5. The molecule has 92 valence electrons. The Morgan fingerprint density at radius 1 is 1.50 bits per heavy atom. The van der Waals surface area contributed by atoms with E-state index in [0.717, 1.165) is 6.54 Å². The van der Waals surface area contributed by atoms with Gasteiger partial charge in [0.15, 0.2) is 0 Å². The summed E-state index contributed by atoms with van der Waals surface area (Å²) >= 11 is 0. The number of methoxy groups -OCH3 is 1. The van der Waals surface area contributed by atoms with Gasteiger partial charge in [-0.15, -0.1) is 0 Å². The number of ether oxygens (including phenoxy) is 1. The van der Waals surface area contributed by atoms with Crippen molar-refractivity contribution < 1.29 is 4.74 Å². The second-order valence-electron chi connectivity index (χ2n) is 5.24. The first kappa shape index (κ1) is 13.2. The first-order valence-electron chi connectivity index (χ1n) is 5.69. The molecule has 1 rings (SSSR count). The number of nitrogens with zero attached hydrogens (tertiary/aromatic N) is 2. The highest BCUT2D eigenvalue weighted by Crippen LogP contribution is 2.08. The molecule has 0 amide bonds. The molecule has 16 heavy (non-hydrogen) atoms. The van der Waals surface area contributed by atoms with Crippen molar-refractivity contribution in [2.75, 3.05) is 13.7 Å². The topological polar surface area (TPSA) is 39.1 Å². The highest BCUT2D eigenvalue weighted by molar-refractivity contribution is 5.04. The van der Waals surface area contributed by atoms with Gasteiger partial charge in [-0.25, -0.2) is 0 Å². The fraction of sp³-hybridized carbons (Fsp3) is 0.750. The zero-order valence-electron chi connectivity index (χ0n) is 10.9. The Hall–Kier alpha value is -0.870. The molecule has 0 saturated heterocycles. The van der Waals surface area contributed by atoms with Gasteiger partial charge in [0.1, 0.15) is 0 Å². The lowest BCUT2D eigenvalue weighted by Crippen LogP contribution is -2.34. The van der Waals surface area contributed by atoms with E-state index in [1.54, 1.807) is 7.11 Å². The third-order valence-electron chi connectivity index (χ3n) is 2.34. The third kappa shape index (κ3) is 4.33. The molecule has 0 radical (unpaired) electrons. The summed E-state index contributed by atoms with van der Waals surface area (Å²) in [6.07, 6.45) is 3.98. The predicted octanol–water partition coefficient (Wildman–Crippen LogP) is 1.98. The molecule has 1 aromatic rings. The Morgan fingerprint density at radius 2 is 2.19 bits per heavy atom. The average Bonchev–Trinajstić information content (AvgIpc) is 2.62. The summed E-state index contributed by atoms with van der Waals surface area (Å²) in [7, 11) is 1.71. The van der Waals surface area contributed by atoms with Crippen molar-refractivity contribution in [2.45, 2.75) is 45.8 Å². The summed E-state index contributed by atoms with van der Waals surface area (Å²) in [5, 5.41) is 7.77. The van der Waals surface area contributed by atoms with Crippen LogP contribution >= 0.6 is 0 Å². The van der Waals surface area contributed by atoms with Crippen molar-refractivity contribution in [3.8, 4) is 0 Å². The maximum Gasteiger partial charge on any atom is 0.0724 e. The van der Waals surface area contributed by atoms with Gasteiger partial charge >= 0.3 is 0 Å². The molecule has 1 atom stereocenters. The van der Waals surface area contributed by atoms with Crippen molar-refractivity contribution in [3.05, 3.63) is 18.0 Å². The van der Waals surface area contributed by atoms with Crippen molar-refractivity contribution in [1.82, 2.24) is 15.1 Å². The van der Waals surface area contributed by atoms with Crippen molar-refractivity contribution in [3.63, 3.8) is 0 Å². The molecule has 0 fully saturated rings. The van der Waals surface area contributed by atoms with E-state index in [1.807, 2.05) is 10.9 Å².